The van der Waals surface area contributed by atoms with Gasteiger partial charge in [-0.2, -0.15) is 11.8 Å². The molecule has 0 saturated heterocycles. The zero-order valence-electron chi connectivity index (χ0n) is 11.8. The third kappa shape index (κ3) is 4.22. The van der Waals surface area contributed by atoms with Gasteiger partial charge in [-0.3, -0.25) is 0 Å². The first kappa shape index (κ1) is 15.8. The van der Waals surface area contributed by atoms with Gasteiger partial charge in [-0.05, 0) is 18.9 Å². The molecule has 2 nitrogen and oxygen atoms in total. The van der Waals surface area contributed by atoms with Crippen molar-refractivity contribution in [3.63, 3.8) is 0 Å². The van der Waals surface area contributed by atoms with Gasteiger partial charge in [0, 0.05) is 29.8 Å². The average Bonchev–Trinajstić information content (AvgIpc) is 2.94. The first-order chi connectivity index (χ1) is 9.74. The van der Waals surface area contributed by atoms with Gasteiger partial charge in [0.15, 0.2) is 0 Å². The number of thioether (sulfide) groups is 1. The molecule has 2 rings (SSSR count). The minimum absolute atomic E-state index is 0.478. The van der Waals surface area contributed by atoms with E-state index in [1.54, 1.807) is 11.3 Å². The highest BCUT2D eigenvalue weighted by Crippen LogP contribution is 2.28. The Morgan fingerprint density at radius 1 is 1.35 bits per heavy atom. The van der Waals surface area contributed by atoms with E-state index in [1.807, 2.05) is 17.1 Å². The predicted molar refractivity (Wildman–Crippen MR) is 91.8 cm³/mol. The molecule has 0 spiro atoms. The highest BCUT2D eigenvalue weighted by Gasteiger charge is 2.10. The second-order valence-electron chi connectivity index (χ2n) is 4.67. The zero-order chi connectivity index (χ0) is 14.4. The molecular formula is C15H19ClN2S2. The van der Waals surface area contributed by atoms with Crippen molar-refractivity contribution in [3.8, 4) is 10.6 Å². The number of nitrogens with zero attached hydrogens (tertiary/aromatic N) is 2. The number of halogens is 1. The van der Waals surface area contributed by atoms with E-state index in [2.05, 4.69) is 47.5 Å². The Hall–Kier alpha value is -0.550. The standard InChI is InChI=1S/C15H19ClN2S2/c1-18(7-8-19-2)10-12-5-3-4-6-14(12)15-17-13(9-16)11-20-15/h3-6,11H,7-10H2,1-2H3. The lowest BCUT2D eigenvalue weighted by molar-refractivity contribution is 0.349. The Balaban J connectivity index is 2.17. The maximum Gasteiger partial charge on any atom is 0.123 e. The van der Waals surface area contributed by atoms with Crippen LogP contribution in [0.4, 0.5) is 0 Å². The summed E-state index contributed by atoms with van der Waals surface area (Å²) in [7, 11) is 2.17. The average molecular weight is 327 g/mol. The van der Waals surface area contributed by atoms with Gasteiger partial charge in [-0.1, -0.05) is 24.3 Å². The first-order valence-electron chi connectivity index (χ1n) is 6.50. The van der Waals surface area contributed by atoms with Crippen LogP contribution in [0.2, 0.25) is 0 Å². The van der Waals surface area contributed by atoms with Gasteiger partial charge < -0.3 is 4.90 Å². The second kappa shape index (κ2) is 8.03. The van der Waals surface area contributed by atoms with Crippen molar-refractivity contribution < 1.29 is 0 Å². The minimum Gasteiger partial charge on any atom is -0.301 e. The fourth-order valence-corrected chi connectivity index (χ4v) is 3.58. The molecule has 0 bridgehead atoms. The Kier molecular flexibility index (Phi) is 6.36. The van der Waals surface area contributed by atoms with Crippen LogP contribution in [0.5, 0.6) is 0 Å². The molecule has 1 heterocycles. The van der Waals surface area contributed by atoms with Crippen molar-refractivity contribution in [3.05, 3.63) is 40.9 Å². The highest BCUT2D eigenvalue weighted by atomic mass is 35.5. The van der Waals surface area contributed by atoms with Gasteiger partial charge in [-0.15, -0.1) is 22.9 Å². The molecule has 0 amide bonds. The van der Waals surface area contributed by atoms with Gasteiger partial charge in [0.05, 0.1) is 11.6 Å². The molecule has 0 N–H and O–H groups in total. The van der Waals surface area contributed by atoms with Crippen LogP contribution in [0.1, 0.15) is 11.3 Å². The molecule has 5 heteroatoms. The van der Waals surface area contributed by atoms with Gasteiger partial charge in [0.25, 0.3) is 0 Å². The Morgan fingerprint density at radius 2 is 2.15 bits per heavy atom. The first-order valence-corrected chi connectivity index (χ1v) is 9.31. The quantitative estimate of drug-likeness (QED) is 0.704. The smallest absolute Gasteiger partial charge is 0.123 e. The summed E-state index contributed by atoms with van der Waals surface area (Å²) in [5.74, 6) is 1.64. The van der Waals surface area contributed by atoms with E-state index in [-0.39, 0.29) is 0 Å². The molecule has 1 aromatic heterocycles. The number of rotatable bonds is 7. The molecule has 0 aliphatic heterocycles. The molecule has 0 saturated carbocycles. The molecule has 20 heavy (non-hydrogen) atoms. The van der Waals surface area contributed by atoms with Crippen LogP contribution in [-0.4, -0.2) is 35.5 Å². The Morgan fingerprint density at radius 3 is 2.85 bits per heavy atom. The van der Waals surface area contributed by atoms with Gasteiger partial charge in [0.2, 0.25) is 0 Å². The summed E-state index contributed by atoms with van der Waals surface area (Å²) in [6.07, 6.45) is 2.14. The third-order valence-corrected chi connectivity index (χ3v) is 4.84. The molecule has 108 valence electrons. The summed E-state index contributed by atoms with van der Waals surface area (Å²) in [5, 5.41) is 3.10. The van der Waals surface area contributed by atoms with Crippen molar-refractivity contribution in [2.75, 3.05) is 25.6 Å². The lowest BCUT2D eigenvalue weighted by Crippen LogP contribution is -2.20. The van der Waals surface area contributed by atoms with Crippen LogP contribution < -0.4 is 0 Å². The van der Waals surface area contributed by atoms with E-state index >= 15 is 0 Å². The van der Waals surface area contributed by atoms with Crippen LogP contribution in [0, 0.1) is 0 Å². The fraction of sp³-hybridized carbons (Fsp3) is 0.400. The molecular weight excluding hydrogens is 308 g/mol. The molecule has 0 atom stereocenters. The summed E-state index contributed by atoms with van der Waals surface area (Å²) >= 11 is 9.39. The normalized spacial score (nSPS) is 11.2. The molecule has 1 aromatic carbocycles. The fourth-order valence-electron chi connectivity index (χ4n) is 1.98. The van der Waals surface area contributed by atoms with E-state index in [0.29, 0.717) is 5.88 Å². The number of aromatic nitrogens is 1. The molecule has 0 aliphatic rings. The molecule has 0 aliphatic carbocycles. The number of benzene rings is 1. The topological polar surface area (TPSA) is 16.1 Å². The lowest BCUT2D eigenvalue weighted by Gasteiger charge is -2.17. The summed E-state index contributed by atoms with van der Waals surface area (Å²) in [6, 6.07) is 8.50. The van der Waals surface area contributed by atoms with Crippen molar-refractivity contribution in [2.45, 2.75) is 12.4 Å². The van der Waals surface area contributed by atoms with Crippen molar-refractivity contribution in [1.82, 2.24) is 9.88 Å². The zero-order valence-corrected chi connectivity index (χ0v) is 14.2. The molecule has 0 radical (unpaired) electrons. The number of alkyl halides is 1. The van der Waals surface area contributed by atoms with Crippen molar-refractivity contribution >= 4 is 34.7 Å². The largest absolute Gasteiger partial charge is 0.301 e. The summed E-state index contributed by atoms with van der Waals surface area (Å²) in [5.41, 5.74) is 3.51. The van der Waals surface area contributed by atoms with E-state index in [1.165, 1.54) is 11.1 Å². The van der Waals surface area contributed by atoms with E-state index < -0.39 is 0 Å². The predicted octanol–water partition coefficient (Wildman–Crippen LogP) is 4.34. The molecule has 0 unspecified atom stereocenters. The Labute approximate surface area is 134 Å². The number of hydrogen-bond acceptors (Lipinski definition) is 4. The van der Waals surface area contributed by atoms with Gasteiger partial charge in [0.1, 0.15) is 5.01 Å². The van der Waals surface area contributed by atoms with Gasteiger partial charge >= 0.3 is 0 Å². The van der Waals surface area contributed by atoms with Crippen LogP contribution >= 0.6 is 34.7 Å². The van der Waals surface area contributed by atoms with E-state index in [9.17, 15) is 0 Å². The highest BCUT2D eigenvalue weighted by molar-refractivity contribution is 7.98. The monoisotopic (exact) mass is 326 g/mol. The summed E-state index contributed by atoms with van der Waals surface area (Å²) < 4.78 is 0. The third-order valence-electron chi connectivity index (χ3n) is 3.05. The molecule has 2 aromatic rings. The SMILES string of the molecule is CSCCN(C)Cc1ccccc1-c1nc(CCl)cs1. The van der Waals surface area contributed by atoms with Gasteiger partial charge in [-0.25, -0.2) is 4.98 Å². The molecule has 0 fully saturated rings. The maximum absolute atomic E-state index is 5.84. The summed E-state index contributed by atoms with van der Waals surface area (Å²) in [6.45, 7) is 2.05. The number of hydrogen-bond donors (Lipinski definition) is 0. The van der Waals surface area contributed by atoms with E-state index in [4.69, 9.17) is 11.6 Å². The number of thiazole rings is 1. The van der Waals surface area contributed by atoms with Crippen molar-refractivity contribution in [2.24, 2.45) is 0 Å². The van der Waals surface area contributed by atoms with Crippen LogP contribution in [-0.2, 0) is 12.4 Å². The van der Waals surface area contributed by atoms with Crippen LogP contribution in [0.15, 0.2) is 29.6 Å². The Bertz CT molecular complexity index is 542. The van der Waals surface area contributed by atoms with Crippen LogP contribution in [0.3, 0.4) is 0 Å². The maximum atomic E-state index is 5.84. The second-order valence-corrected chi connectivity index (χ2v) is 6.78. The van der Waals surface area contributed by atoms with Crippen LogP contribution in [0.25, 0.3) is 10.6 Å². The summed E-state index contributed by atoms with van der Waals surface area (Å²) in [4.78, 5) is 6.95. The lowest BCUT2D eigenvalue weighted by atomic mass is 10.1. The van der Waals surface area contributed by atoms with Crippen molar-refractivity contribution in [1.29, 1.82) is 0 Å². The minimum atomic E-state index is 0.478. The van der Waals surface area contributed by atoms with E-state index in [0.717, 1.165) is 29.5 Å².